The molecule has 0 unspecified atom stereocenters. The van der Waals surface area contributed by atoms with E-state index in [4.69, 9.17) is 5.84 Å². The summed E-state index contributed by atoms with van der Waals surface area (Å²) in [6.45, 7) is 0.816. The quantitative estimate of drug-likeness (QED) is 0.591. The molecule has 0 aliphatic carbocycles. The zero-order valence-electron chi connectivity index (χ0n) is 6.18. The zero-order valence-corrected chi connectivity index (χ0v) is 7.76. The number of halogens is 1. The molecule has 0 amide bonds. The van der Waals surface area contributed by atoms with E-state index in [1.807, 2.05) is 12.1 Å². The summed E-state index contributed by atoms with van der Waals surface area (Å²) in [5.41, 5.74) is 3.91. The van der Waals surface area contributed by atoms with E-state index >= 15 is 0 Å². The van der Waals surface area contributed by atoms with Crippen molar-refractivity contribution in [3.05, 3.63) is 34.3 Å². The van der Waals surface area contributed by atoms with Gasteiger partial charge >= 0.3 is 0 Å². The molecular formula is C8H11BrN2. The van der Waals surface area contributed by atoms with Crippen molar-refractivity contribution in [2.24, 2.45) is 5.84 Å². The Balaban J connectivity index is 2.56. The van der Waals surface area contributed by atoms with Crippen molar-refractivity contribution in [3.8, 4) is 0 Å². The van der Waals surface area contributed by atoms with E-state index in [-0.39, 0.29) is 0 Å². The van der Waals surface area contributed by atoms with Gasteiger partial charge in [-0.15, -0.1) is 0 Å². The number of nitrogens with one attached hydrogen (secondary N) is 1. The molecule has 1 aromatic carbocycles. The van der Waals surface area contributed by atoms with E-state index in [2.05, 4.69) is 33.5 Å². The van der Waals surface area contributed by atoms with Gasteiger partial charge < -0.3 is 0 Å². The van der Waals surface area contributed by atoms with Crippen LogP contribution in [0.25, 0.3) is 0 Å². The highest BCUT2D eigenvalue weighted by Gasteiger charge is 1.91. The molecule has 0 aliphatic heterocycles. The lowest BCUT2D eigenvalue weighted by Crippen LogP contribution is -2.24. The summed E-state index contributed by atoms with van der Waals surface area (Å²) >= 11 is 3.40. The Morgan fingerprint density at radius 2 is 2.27 bits per heavy atom. The van der Waals surface area contributed by atoms with Crippen LogP contribution in [0.3, 0.4) is 0 Å². The Labute approximate surface area is 74.9 Å². The van der Waals surface area contributed by atoms with Crippen LogP contribution in [0.1, 0.15) is 5.56 Å². The summed E-state index contributed by atoms with van der Waals surface area (Å²) in [6.07, 6.45) is 0.968. The third-order valence-corrected chi connectivity index (χ3v) is 1.94. The van der Waals surface area contributed by atoms with Crippen molar-refractivity contribution in [1.82, 2.24) is 5.43 Å². The molecule has 0 heterocycles. The molecule has 0 aromatic heterocycles. The molecule has 3 N–H and O–H groups in total. The highest BCUT2D eigenvalue weighted by atomic mass is 79.9. The molecule has 0 saturated heterocycles. The highest BCUT2D eigenvalue weighted by Crippen LogP contribution is 2.11. The summed E-state index contributed by atoms with van der Waals surface area (Å²) < 4.78 is 1.12. The lowest BCUT2D eigenvalue weighted by molar-refractivity contribution is 0.728. The molecule has 0 aliphatic rings. The minimum atomic E-state index is 0.816. The number of rotatable bonds is 3. The lowest BCUT2D eigenvalue weighted by atomic mass is 10.2. The smallest absolute Gasteiger partial charge is 0.0178 e. The summed E-state index contributed by atoms with van der Waals surface area (Å²) in [5, 5.41) is 0. The summed E-state index contributed by atoms with van der Waals surface area (Å²) in [4.78, 5) is 0. The monoisotopic (exact) mass is 214 g/mol. The molecule has 0 fully saturated rings. The van der Waals surface area contributed by atoms with Crippen LogP contribution in [0.15, 0.2) is 28.7 Å². The molecule has 0 atom stereocenters. The maximum atomic E-state index is 5.15. The number of nitrogens with two attached hydrogens (primary N) is 1. The number of hydrogen-bond acceptors (Lipinski definition) is 2. The van der Waals surface area contributed by atoms with Gasteiger partial charge in [-0.3, -0.25) is 11.3 Å². The number of hydrazine groups is 1. The van der Waals surface area contributed by atoms with Crippen molar-refractivity contribution in [1.29, 1.82) is 0 Å². The third kappa shape index (κ3) is 3.01. The van der Waals surface area contributed by atoms with Crippen LogP contribution in [0, 0.1) is 0 Å². The SMILES string of the molecule is NNCCc1cccc(Br)c1. The molecule has 0 bridgehead atoms. The van der Waals surface area contributed by atoms with Gasteiger partial charge in [-0.2, -0.15) is 0 Å². The van der Waals surface area contributed by atoms with Crippen molar-refractivity contribution in [3.63, 3.8) is 0 Å². The first kappa shape index (κ1) is 8.71. The van der Waals surface area contributed by atoms with Crippen LogP contribution < -0.4 is 11.3 Å². The Kier molecular flexibility index (Phi) is 3.56. The lowest BCUT2D eigenvalue weighted by Gasteiger charge is -1.99. The topological polar surface area (TPSA) is 38.0 Å². The fraction of sp³-hybridized carbons (Fsp3) is 0.250. The predicted octanol–water partition coefficient (Wildman–Crippen LogP) is 1.45. The van der Waals surface area contributed by atoms with Crippen LogP contribution in [0.4, 0.5) is 0 Å². The molecule has 60 valence electrons. The summed E-state index contributed by atoms with van der Waals surface area (Å²) in [5.74, 6) is 5.15. The first-order valence-electron chi connectivity index (χ1n) is 3.51. The van der Waals surface area contributed by atoms with Gasteiger partial charge in [-0.1, -0.05) is 28.1 Å². The van der Waals surface area contributed by atoms with E-state index in [1.54, 1.807) is 0 Å². The van der Waals surface area contributed by atoms with Gasteiger partial charge in [0.1, 0.15) is 0 Å². The molecule has 2 nitrogen and oxygen atoms in total. The van der Waals surface area contributed by atoms with Crippen LogP contribution in [-0.4, -0.2) is 6.54 Å². The van der Waals surface area contributed by atoms with Crippen molar-refractivity contribution >= 4 is 15.9 Å². The molecule has 1 aromatic rings. The van der Waals surface area contributed by atoms with Crippen LogP contribution in [0.2, 0.25) is 0 Å². The van der Waals surface area contributed by atoms with E-state index in [9.17, 15) is 0 Å². The van der Waals surface area contributed by atoms with Gasteiger partial charge in [0.05, 0.1) is 0 Å². The number of benzene rings is 1. The third-order valence-electron chi connectivity index (χ3n) is 1.45. The molecule has 0 saturated carbocycles. The Hall–Kier alpha value is -0.380. The van der Waals surface area contributed by atoms with Crippen molar-refractivity contribution in [2.75, 3.05) is 6.54 Å². The van der Waals surface area contributed by atoms with Gasteiger partial charge in [0.2, 0.25) is 0 Å². The predicted molar refractivity (Wildman–Crippen MR) is 50.0 cm³/mol. The average molecular weight is 215 g/mol. The van der Waals surface area contributed by atoms with Gasteiger partial charge in [0, 0.05) is 11.0 Å². The van der Waals surface area contributed by atoms with E-state index in [0.29, 0.717) is 0 Å². The molecule has 0 spiro atoms. The van der Waals surface area contributed by atoms with Crippen LogP contribution in [0.5, 0.6) is 0 Å². The Bertz CT molecular complexity index is 225. The van der Waals surface area contributed by atoms with E-state index in [1.165, 1.54) is 5.56 Å². The molecule has 3 heteroatoms. The Morgan fingerprint density at radius 3 is 2.91 bits per heavy atom. The van der Waals surface area contributed by atoms with E-state index < -0.39 is 0 Å². The maximum absolute atomic E-state index is 5.15. The van der Waals surface area contributed by atoms with Gasteiger partial charge in [0.25, 0.3) is 0 Å². The van der Waals surface area contributed by atoms with Gasteiger partial charge in [-0.25, -0.2) is 0 Å². The van der Waals surface area contributed by atoms with Crippen LogP contribution in [-0.2, 0) is 6.42 Å². The summed E-state index contributed by atoms with van der Waals surface area (Å²) in [6, 6.07) is 8.22. The standard InChI is InChI=1S/C8H11BrN2/c9-8-3-1-2-7(6-8)4-5-11-10/h1-3,6,11H,4-5,10H2. The van der Waals surface area contributed by atoms with Gasteiger partial charge in [-0.05, 0) is 24.1 Å². The minimum Gasteiger partial charge on any atom is -0.271 e. The molecule has 1 rings (SSSR count). The molecule has 11 heavy (non-hydrogen) atoms. The zero-order chi connectivity index (χ0) is 8.10. The van der Waals surface area contributed by atoms with Gasteiger partial charge in [0.15, 0.2) is 0 Å². The molecule has 0 radical (unpaired) electrons. The first-order valence-corrected chi connectivity index (χ1v) is 4.30. The second-order valence-corrected chi connectivity index (χ2v) is 3.25. The fourth-order valence-corrected chi connectivity index (χ4v) is 1.36. The summed E-state index contributed by atoms with van der Waals surface area (Å²) in [7, 11) is 0. The second kappa shape index (κ2) is 4.49. The Morgan fingerprint density at radius 1 is 1.45 bits per heavy atom. The minimum absolute atomic E-state index is 0.816. The van der Waals surface area contributed by atoms with Crippen molar-refractivity contribution in [2.45, 2.75) is 6.42 Å². The van der Waals surface area contributed by atoms with Crippen molar-refractivity contribution < 1.29 is 0 Å². The highest BCUT2D eigenvalue weighted by molar-refractivity contribution is 9.10. The fourth-order valence-electron chi connectivity index (χ4n) is 0.909. The first-order chi connectivity index (χ1) is 5.33. The maximum Gasteiger partial charge on any atom is 0.0178 e. The average Bonchev–Trinajstić information content (AvgIpc) is 2.01. The second-order valence-electron chi connectivity index (χ2n) is 2.33. The van der Waals surface area contributed by atoms with Crippen LogP contribution >= 0.6 is 15.9 Å². The normalized spacial score (nSPS) is 10.0. The van der Waals surface area contributed by atoms with E-state index in [0.717, 1.165) is 17.4 Å². The largest absolute Gasteiger partial charge is 0.271 e. The molecular weight excluding hydrogens is 204 g/mol. The number of hydrogen-bond donors (Lipinski definition) is 2.